The van der Waals surface area contributed by atoms with Crippen LogP contribution in [0.5, 0.6) is 28.7 Å². The molecule has 0 saturated carbocycles. The maximum Gasteiger partial charge on any atom is 0.203 e. The van der Waals surface area contributed by atoms with Crippen LogP contribution in [0.25, 0.3) is 12.2 Å². The number of hydrogen-bond acceptors (Lipinski definition) is 6. The van der Waals surface area contributed by atoms with E-state index in [1.807, 2.05) is 54.6 Å². The summed E-state index contributed by atoms with van der Waals surface area (Å²) in [7, 11) is 6.35. The highest BCUT2D eigenvalue weighted by atomic mass is 16.5. The van der Waals surface area contributed by atoms with Gasteiger partial charge in [0.1, 0.15) is 12.9 Å². The normalized spacial score (nSPS) is 10.6. The van der Waals surface area contributed by atoms with Crippen molar-refractivity contribution in [3.05, 3.63) is 76.9 Å². The van der Waals surface area contributed by atoms with Crippen LogP contribution in [-0.4, -0.2) is 34.7 Å². The summed E-state index contributed by atoms with van der Waals surface area (Å²) in [6.45, 7) is 0.357. The molecule has 0 unspecified atom stereocenters. The Bertz CT molecular complexity index is 1060. The Kier molecular flexibility index (Phi) is 7.75. The number of ether oxygens (including phenoxy) is 5. The molecule has 0 N–H and O–H groups in total. The van der Waals surface area contributed by atoms with Gasteiger partial charge in [-0.25, -0.2) is 0 Å². The van der Waals surface area contributed by atoms with Crippen molar-refractivity contribution in [2.24, 2.45) is 0 Å². The van der Waals surface area contributed by atoms with Crippen LogP contribution >= 0.6 is 0 Å². The number of hydrogen-bond donors (Lipinski definition) is 0. The lowest BCUT2D eigenvalue weighted by Gasteiger charge is -2.13. The third-order valence-corrected chi connectivity index (χ3v) is 4.85. The van der Waals surface area contributed by atoms with Gasteiger partial charge in [0.05, 0.1) is 28.4 Å². The smallest absolute Gasteiger partial charge is 0.203 e. The lowest BCUT2D eigenvalue weighted by molar-refractivity contribution is 0.112. The number of methoxy groups -OCH3 is 4. The zero-order valence-electron chi connectivity index (χ0n) is 18.6. The monoisotopic (exact) mass is 434 g/mol. The first-order chi connectivity index (χ1) is 15.6. The highest BCUT2D eigenvalue weighted by Crippen LogP contribution is 2.38. The van der Waals surface area contributed by atoms with Gasteiger partial charge in [0.15, 0.2) is 23.0 Å². The molecule has 0 saturated heterocycles. The van der Waals surface area contributed by atoms with Crippen molar-refractivity contribution in [1.82, 2.24) is 0 Å². The van der Waals surface area contributed by atoms with Gasteiger partial charge < -0.3 is 23.7 Å². The van der Waals surface area contributed by atoms with E-state index in [2.05, 4.69) is 0 Å². The molecule has 3 rings (SSSR count). The summed E-state index contributed by atoms with van der Waals surface area (Å²) in [5.41, 5.74) is 3.42. The van der Waals surface area contributed by atoms with Gasteiger partial charge in [0, 0.05) is 5.56 Å². The summed E-state index contributed by atoms with van der Waals surface area (Å²) in [5.74, 6) is 2.99. The molecule has 0 atom stereocenters. The van der Waals surface area contributed by atoms with Gasteiger partial charge in [0.25, 0.3) is 0 Å². The van der Waals surface area contributed by atoms with Gasteiger partial charge in [-0.15, -0.1) is 0 Å². The molecule has 0 aromatic heterocycles. The van der Waals surface area contributed by atoms with Crippen LogP contribution in [0.2, 0.25) is 0 Å². The molecular formula is C26H26O6. The van der Waals surface area contributed by atoms with Crippen molar-refractivity contribution < 1.29 is 28.5 Å². The second-order valence-corrected chi connectivity index (χ2v) is 6.85. The lowest BCUT2D eigenvalue weighted by Crippen LogP contribution is -1.98. The highest BCUT2D eigenvalue weighted by molar-refractivity contribution is 5.75. The average molecular weight is 434 g/mol. The summed E-state index contributed by atoms with van der Waals surface area (Å²) in [4.78, 5) is 10.8. The first kappa shape index (κ1) is 22.7. The van der Waals surface area contributed by atoms with Crippen LogP contribution in [0, 0.1) is 0 Å². The molecular weight excluding hydrogens is 408 g/mol. The predicted molar refractivity (Wildman–Crippen MR) is 124 cm³/mol. The van der Waals surface area contributed by atoms with Crippen LogP contribution in [0.1, 0.15) is 27.0 Å². The molecule has 0 heterocycles. The summed E-state index contributed by atoms with van der Waals surface area (Å²) >= 11 is 0. The minimum atomic E-state index is 0.357. The van der Waals surface area contributed by atoms with Crippen LogP contribution in [-0.2, 0) is 6.61 Å². The zero-order valence-corrected chi connectivity index (χ0v) is 18.6. The number of benzene rings is 3. The van der Waals surface area contributed by atoms with Gasteiger partial charge in [-0.3, -0.25) is 4.79 Å². The number of carbonyl (C=O) groups excluding carboxylic acids is 1. The molecule has 0 aliphatic carbocycles. The van der Waals surface area contributed by atoms with Crippen molar-refractivity contribution >= 4 is 18.4 Å². The van der Waals surface area contributed by atoms with Gasteiger partial charge >= 0.3 is 0 Å². The summed E-state index contributed by atoms with van der Waals surface area (Å²) in [6.07, 6.45) is 4.73. The van der Waals surface area contributed by atoms with Crippen molar-refractivity contribution in [3.63, 3.8) is 0 Å². The fourth-order valence-electron chi connectivity index (χ4n) is 3.15. The maximum atomic E-state index is 10.8. The van der Waals surface area contributed by atoms with Crippen molar-refractivity contribution in [1.29, 1.82) is 0 Å². The molecule has 0 bridgehead atoms. The Balaban J connectivity index is 1.81. The first-order valence-electron chi connectivity index (χ1n) is 9.95. The van der Waals surface area contributed by atoms with Crippen LogP contribution in [0.4, 0.5) is 0 Å². The molecule has 0 radical (unpaired) electrons. The van der Waals surface area contributed by atoms with E-state index in [0.717, 1.165) is 23.0 Å². The van der Waals surface area contributed by atoms with Gasteiger partial charge in [-0.2, -0.15) is 0 Å². The summed E-state index contributed by atoms with van der Waals surface area (Å²) in [6, 6.07) is 16.7. The maximum absolute atomic E-state index is 10.8. The molecule has 166 valence electrons. The van der Waals surface area contributed by atoms with Crippen LogP contribution < -0.4 is 23.7 Å². The minimum absolute atomic E-state index is 0.357. The highest BCUT2D eigenvalue weighted by Gasteiger charge is 2.12. The van der Waals surface area contributed by atoms with Crippen molar-refractivity contribution in [2.45, 2.75) is 6.61 Å². The number of rotatable bonds is 10. The number of aldehydes is 1. The second kappa shape index (κ2) is 10.9. The standard InChI is InChI=1S/C26H26O6/c1-28-22-12-11-18(13-23(22)32-17-20-8-6-19(16-27)7-9-20)5-10-21-14-24(29-2)26(31-4)25(15-21)30-3/h5-16H,17H2,1-4H3/b10-5-. The molecule has 6 nitrogen and oxygen atoms in total. The Morgan fingerprint density at radius 3 is 1.75 bits per heavy atom. The van der Waals surface area contributed by atoms with Crippen LogP contribution in [0.15, 0.2) is 54.6 Å². The Morgan fingerprint density at radius 2 is 1.19 bits per heavy atom. The molecule has 32 heavy (non-hydrogen) atoms. The number of carbonyl (C=O) groups is 1. The predicted octanol–water partition coefficient (Wildman–Crippen LogP) is 5.28. The van der Waals surface area contributed by atoms with Gasteiger partial charge in [-0.1, -0.05) is 42.5 Å². The minimum Gasteiger partial charge on any atom is -0.493 e. The third-order valence-electron chi connectivity index (χ3n) is 4.85. The van der Waals surface area contributed by atoms with E-state index >= 15 is 0 Å². The SMILES string of the molecule is COc1ccc(/C=C\c2cc(OC)c(OC)c(OC)c2)cc1OCc1ccc(C=O)cc1. The van der Waals surface area contributed by atoms with E-state index < -0.39 is 0 Å². The largest absolute Gasteiger partial charge is 0.493 e. The van der Waals surface area contributed by atoms with E-state index in [4.69, 9.17) is 23.7 Å². The third kappa shape index (κ3) is 5.40. The molecule has 3 aromatic carbocycles. The molecule has 0 aliphatic heterocycles. The van der Waals surface area contributed by atoms with Gasteiger partial charge in [0.2, 0.25) is 5.75 Å². The van der Waals surface area contributed by atoms with Gasteiger partial charge in [-0.05, 0) is 41.0 Å². The molecule has 0 fully saturated rings. The molecule has 0 amide bonds. The van der Waals surface area contributed by atoms with E-state index in [9.17, 15) is 4.79 Å². The quantitative estimate of drug-likeness (QED) is 0.319. The van der Waals surface area contributed by atoms with Crippen LogP contribution in [0.3, 0.4) is 0 Å². The molecule has 0 aliphatic rings. The van der Waals surface area contributed by atoms with E-state index in [1.165, 1.54) is 0 Å². The lowest BCUT2D eigenvalue weighted by atomic mass is 10.1. The van der Waals surface area contributed by atoms with Crippen molar-refractivity contribution in [3.8, 4) is 28.7 Å². The van der Waals surface area contributed by atoms with E-state index in [1.54, 1.807) is 40.6 Å². The van der Waals surface area contributed by atoms with E-state index in [0.29, 0.717) is 40.9 Å². The molecule has 3 aromatic rings. The van der Waals surface area contributed by atoms with Crippen molar-refractivity contribution in [2.75, 3.05) is 28.4 Å². The second-order valence-electron chi connectivity index (χ2n) is 6.85. The zero-order chi connectivity index (χ0) is 22.9. The fraction of sp³-hybridized carbons (Fsp3) is 0.192. The Labute approximate surface area is 188 Å². The Morgan fingerprint density at radius 1 is 0.625 bits per heavy atom. The molecule has 0 spiro atoms. The van der Waals surface area contributed by atoms with E-state index in [-0.39, 0.29) is 0 Å². The first-order valence-corrected chi connectivity index (χ1v) is 9.95. The summed E-state index contributed by atoms with van der Waals surface area (Å²) < 4.78 is 27.6. The summed E-state index contributed by atoms with van der Waals surface area (Å²) in [5, 5.41) is 0. The topological polar surface area (TPSA) is 63.2 Å². The Hall–Kier alpha value is -3.93. The molecule has 6 heteroatoms. The average Bonchev–Trinajstić information content (AvgIpc) is 2.85. The fourth-order valence-corrected chi connectivity index (χ4v) is 3.15.